The summed E-state index contributed by atoms with van der Waals surface area (Å²) in [7, 11) is 0. The molecule has 0 aliphatic carbocycles. The molecule has 13 aromatic rings. The number of hydrogen-bond acceptors (Lipinski definition) is 4. The maximum absolute atomic E-state index is 4.78. The van der Waals surface area contributed by atoms with Gasteiger partial charge in [-0.15, -0.1) is 22.7 Å². The molecule has 0 radical (unpaired) electrons. The number of thiophene rings is 2. The van der Waals surface area contributed by atoms with E-state index in [4.69, 9.17) is 6.58 Å². The summed E-state index contributed by atoms with van der Waals surface area (Å²) >= 11 is 3.81. The molecule has 0 fully saturated rings. The minimum absolute atomic E-state index is 0.990. The van der Waals surface area contributed by atoms with Crippen LogP contribution in [0.5, 0.6) is 0 Å². The van der Waals surface area contributed by atoms with Crippen molar-refractivity contribution >= 4 is 135 Å². The van der Waals surface area contributed by atoms with E-state index < -0.39 is 0 Å². The molecule has 0 atom stereocenters. The van der Waals surface area contributed by atoms with Crippen LogP contribution in [0.3, 0.4) is 0 Å². The van der Waals surface area contributed by atoms with Crippen molar-refractivity contribution in [3.05, 3.63) is 249 Å². The third-order valence-corrected chi connectivity index (χ3v) is 16.0. The number of hydrogen-bond donors (Lipinski definition) is 0. The predicted octanol–water partition coefficient (Wildman–Crippen LogP) is 20.1. The van der Waals surface area contributed by atoms with Gasteiger partial charge in [0.1, 0.15) is 0 Å². The highest BCUT2D eigenvalue weighted by atomic mass is 32.1. The zero-order chi connectivity index (χ0) is 46.0. The van der Waals surface area contributed by atoms with Crippen molar-refractivity contribution < 1.29 is 0 Å². The molecule has 4 heteroatoms. The number of rotatable bonds is 10. The van der Waals surface area contributed by atoms with Crippen LogP contribution in [0.2, 0.25) is 0 Å². The number of para-hydroxylation sites is 4. The maximum Gasteiger partial charge on any atom is 0.0476 e. The highest BCUT2D eigenvalue weighted by Crippen LogP contribution is 2.53. The van der Waals surface area contributed by atoms with Crippen molar-refractivity contribution in [1.82, 2.24) is 0 Å². The maximum atomic E-state index is 4.78. The first-order valence-electron chi connectivity index (χ1n) is 23.5. The molecule has 11 aromatic carbocycles. The molecule has 0 N–H and O–H groups in total. The standard InChI is InChI=1S/C65H44N2S2/c1-3-4-10-21-42(2)52-38-58-63-55(41-57-51-35-33-49(37-61(51)68-64(57)58)67(46-28-17-8-18-29-46)47-30-19-9-20-31-47)53(43-22-11-5-12-23-43)39-59-62(63)54(52)40-56-50-34-32-48(36-60(50)69-65(56)59)66(44-24-13-6-14-25-44)45-26-15-7-16-27-45/h3-41H,2H2,1H3/b4-3-,21-10-. The fourth-order valence-electron chi connectivity index (χ4n) is 10.5. The average molecular weight is 917 g/mol. The molecule has 13 rings (SSSR count). The summed E-state index contributed by atoms with van der Waals surface area (Å²) < 4.78 is 5.11. The van der Waals surface area contributed by atoms with Crippen molar-refractivity contribution in [2.45, 2.75) is 6.92 Å². The lowest BCUT2D eigenvalue weighted by atomic mass is 9.84. The summed E-state index contributed by atoms with van der Waals surface area (Å²) in [4.78, 5) is 4.72. The zero-order valence-corrected chi connectivity index (χ0v) is 39.6. The monoisotopic (exact) mass is 916 g/mol. The van der Waals surface area contributed by atoms with E-state index in [-0.39, 0.29) is 0 Å². The fraction of sp³-hybridized carbons (Fsp3) is 0.0154. The van der Waals surface area contributed by atoms with Gasteiger partial charge in [0.05, 0.1) is 0 Å². The molecule has 0 saturated heterocycles. The third kappa shape index (κ3) is 6.83. The van der Waals surface area contributed by atoms with Gasteiger partial charge in [-0.2, -0.15) is 0 Å². The highest BCUT2D eigenvalue weighted by Gasteiger charge is 2.25. The zero-order valence-electron chi connectivity index (χ0n) is 37.9. The molecule has 0 amide bonds. The molecule has 2 heterocycles. The van der Waals surface area contributed by atoms with Crippen molar-refractivity contribution in [3.8, 4) is 11.1 Å². The van der Waals surface area contributed by atoms with E-state index in [1.54, 1.807) is 0 Å². The predicted molar refractivity (Wildman–Crippen MR) is 304 cm³/mol. The molecule has 2 aromatic heterocycles. The van der Waals surface area contributed by atoms with Crippen LogP contribution < -0.4 is 9.80 Å². The molecular weight excluding hydrogens is 873 g/mol. The first kappa shape index (κ1) is 41.0. The highest BCUT2D eigenvalue weighted by molar-refractivity contribution is 7.27. The van der Waals surface area contributed by atoms with Crippen molar-refractivity contribution in [1.29, 1.82) is 0 Å². The van der Waals surface area contributed by atoms with Gasteiger partial charge in [-0.05, 0) is 148 Å². The summed E-state index contributed by atoms with van der Waals surface area (Å²) in [6.07, 6.45) is 8.43. The van der Waals surface area contributed by atoms with Gasteiger partial charge in [0.2, 0.25) is 0 Å². The van der Waals surface area contributed by atoms with E-state index in [9.17, 15) is 0 Å². The van der Waals surface area contributed by atoms with Crippen LogP contribution in [-0.2, 0) is 0 Å². The van der Waals surface area contributed by atoms with Gasteiger partial charge < -0.3 is 9.80 Å². The van der Waals surface area contributed by atoms with Crippen LogP contribution in [-0.4, -0.2) is 0 Å². The molecule has 69 heavy (non-hydrogen) atoms. The quantitative estimate of drug-likeness (QED) is 0.0996. The lowest BCUT2D eigenvalue weighted by Gasteiger charge is -2.25. The SMILES string of the molecule is C=C(/C=C\C=C/C)c1cc2c3sc4cc(N(c5ccccc5)c5ccccc5)ccc4c3cc3c(-c4ccccc4)cc4c5sc6cc(N(c7ccccc7)c7ccccc7)ccc6c5cc1c4c32. The average Bonchev–Trinajstić information content (AvgIpc) is 3.97. The summed E-state index contributed by atoms with van der Waals surface area (Å²) in [6.45, 7) is 6.83. The Balaban J connectivity index is 1.11. The molecule has 326 valence electrons. The van der Waals surface area contributed by atoms with Crippen molar-refractivity contribution in [2.75, 3.05) is 9.80 Å². The largest absolute Gasteiger partial charge is 0.310 e. The summed E-state index contributed by atoms with van der Waals surface area (Å²) in [6, 6.07) is 77.7. The second-order valence-corrected chi connectivity index (χ2v) is 19.8. The van der Waals surface area contributed by atoms with Crippen LogP contribution in [0.1, 0.15) is 12.5 Å². The summed E-state index contributed by atoms with van der Waals surface area (Å²) in [5, 5.41) is 12.7. The molecule has 0 aliphatic heterocycles. The van der Waals surface area contributed by atoms with Crippen LogP contribution in [0.25, 0.3) is 89.4 Å². The van der Waals surface area contributed by atoms with Crippen LogP contribution >= 0.6 is 22.7 Å². The Hall–Kier alpha value is -8.28. The Morgan fingerprint density at radius 3 is 1.30 bits per heavy atom. The minimum Gasteiger partial charge on any atom is -0.310 e. The molecule has 2 nitrogen and oxygen atoms in total. The van der Waals surface area contributed by atoms with Crippen LogP contribution in [0, 0.1) is 0 Å². The van der Waals surface area contributed by atoms with Crippen molar-refractivity contribution in [2.24, 2.45) is 0 Å². The van der Waals surface area contributed by atoms with E-state index in [0.717, 1.165) is 45.3 Å². The van der Waals surface area contributed by atoms with Gasteiger partial charge in [-0.3, -0.25) is 0 Å². The smallest absolute Gasteiger partial charge is 0.0476 e. The van der Waals surface area contributed by atoms with Gasteiger partial charge >= 0.3 is 0 Å². The number of allylic oxidation sites excluding steroid dienone is 5. The first-order valence-corrected chi connectivity index (χ1v) is 25.1. The van der Waals surface area contributed by atoms with E-state index in [0.29, 0.717) is 0 Å². The second-order valence-electron chi connectivity index (χ2n) is 17.6. The molecule has 0 bridgehead atoms. The van der Waals surface area contributed by atoms with Gasteiger partial charge in [0, 0.05) is 85.2 Å². The Morgan fingerprint density at radius 1 is 0.391 bits per heavy atom. The Kier molecular flexibility index (Phi) is 9.97. The van der Waals surface area contributed by atoms with Gasteiger partial charge in [0.25, 0.3) is 0 Å². The van der Waals surface area contributed by atoms with E-state index in [1.165, 1.54) is 83.8 Å². The first-order chi connectivity index (χ1) is 34.1. The molecule has 0 saturated carbocycles. The normalized spacial score (nSPS) is 12.1. The minimum atomic E-state index is 0.990. The number of nitrogens with zero attached hydrogens (tertiary/aromatic N) is 2. The third-order valence-electron chi connectivity index (χ3n) is 13.6. The number of fused-ring (bicyclic) bond motifs is 8. The number of benzene rings is 11. The summed E-state index contributed by atoms with van der Waals surface area (Å²) in [5.74, 6) is 0. The Labute approximate surface area is 409 Å². The molecule has 0 unspecified atom stereocenters. The van der Waals surface area contributed by atoms with E-state index in [1.807, 2.05) is 22.7 Å². The lowest BCUT2D eigenvalue weighted by Crippen LogP contribution is -2.09. The van der Waals surface area contributed by atoms with Crippen molar-refractivity contribution in [3.63, 3.8) is 0 Å². The molecule has 0 aliphatic rings. The topological polar surface area (TPSA) is 6.48 Å². The summed E-state index contributed by atoms with van der Waals surface area (Å²) in [5.41, 5.74) is 11.4. The van der Waals surface area contributed by atoms with Gasteiger partial charge in [0.15, 0.2) is 0 Å². The van der Waals surface area contributed by atoms with Gasteiger partial charge in [-0.25, -0.2) is 0 Å². The lowest BCUT2D eigenvalue weighted by molar-refractivity contribution is 1.29. The molecule has 0 spiro atoms. The molecular formula is C65H44N2S2. The van der Waals surface area contributed by atoms with Crippen LogP contribution in [0.4, 0.5) is 34.1 Å². The van der Waals surface area contributed by atoms with E-state index in [2.05, 4.69) is 253 Å². The van der Waals surface area contributed by atoms with E-state index >= 15 is 0 Å². The second kappa shape index (κ2) is 16.8. The van der Waals surface area contributed by atoms with Gasteiger partial charge in [-0.1, -0.05) is 146 Å². The van der Waals surface area contributed by atoms with Crippen LogP contribution in [0.15, 0.2) is 243 Å². The Morgan fingerprint density at radius 2 is 0.826 bits per heavy atom. The Bertz CT molecular complexity index is 3960. The number of anilines is 6. The fourth-order valence-corrected chi connectivity index (χ4v) is 13.0.